The molecule has 7 nitrogen and oxygen atoms in total. The van der Waals surface area contributed by atoms with Crippen LogP contribution in [0.3, 0.4) is 0 Å². The van der Waals surface area contributed by atoms with E-state index in [-0.39, 0.29) is 0 Å². The first-order chi connectivity index (χ1) is 14.5. The fourth-order valence-corrected chi connectivity index (χ4v) is 5.21. The second-order valence-electron chi connectivity index (χ2n) is 9.12. The Kier molecular flexibility index (Phi) is 5.31. The molecule has 0 spiro atoms. The Morgan fingerprint density at radius 1 is 1.13 bits per heavy atom. The average Bonchev–Trinajstić information content (AvgIpc) is 3.67. The largest absolute Gasteiger partial charge is 0.376 e. The highest BCUT2D eigenvalue weighted by atomic mass is 32.2. The summed E-state index contributed by atoms with van der Waals surface area (Å²) in [6.07, 6.45) is 7.22. The summed E-state index contributed by atoms with van der Waals surface area (Å²) in [5.74, 6) is 3.60. The van der Waals surface area contributed by atoms with Gasteiger partial charge in [0.15, 0.2) is 15.7 Å². The summed E-state index contributed by atoms with van der Waals surface area (Å²) in [7, 11) is -3.14. The number of rotatable bonds is 8. The molecular formula is C22H29N3O4S. The Labute approximate surface area is 177 Å². The van der Waals surface area contributed by atoms with Crippen LogP contribution in [0.5, 0.6) is 0 Å². The minimum absolute atomic E-state index is 0.351. The number of benzene rings is 1. The molecule has 2 atom stereocenters. The minimum atomic E-state index is -3.14. The maximum atomic E-state index is 11.5. The van der Waals surface area contributed by atoms with Crippen LogP contribution in [0.4, 0.5) is 6.01 Å². The molecule has 2 heterocycles. The average molecular weight is 432 g/mol. The van der Waals surface area contributed by atoms with E-state index >= 15 is 0 Å². The molecule has 2 aliphatic carbocycles. The van der Waals surface area contributed by atoms with Gasteiger partial charge in [-0.25, -0.2) is 8.42 Å². The van der Waals surface area contributed by atoms with Crippen molar-refractivity contribution in [3.63, 3.8) is 0 Å². The molecule has 5 rings (SSSR count). The Bertz CT molecular complexity index is 976. The molecule has 0 amide bonds. The van der Waals surface area contributed by atoms with E-state index in [0.717, 1.165) is 42.9 Å². The molecule has 162 valence electrons. The number of hydrogen-bond donors (Lipinski definition) is 0. The van der Waals surface area contributed by atoms with E-state index < -0.39 is 9.84 Å². The Morgan fingerprint density at radius 3 is 2.53 bits per heavy atom. The molecule has 1 aromatic carbocycles. The van der Waals surface area contributed by atoms with E-state index in [4.69, 9.17) is 9.26 Å². The number of ether oxygens (including phenoxy) is 1. The highest BCUT2D eigenvalue weighted by molar-refractivity contribution is 7.90. The number of sulfone groups is 1. The van der Waals surface area contributed by atoms with Crippen LogP contribution in [0.1, 0.15) is 49.4 Å². The lowest BCUT2D eigenvalue weighted by molar-refractivity contribution is 0.104. The van der Waals surface area contributed by atoms with E-state index in [9.17, 15) is 8.42 Å². The third-order valence-electron chi connectivity index (χ3n) is 6.72. The second-order valence-corrected chi connectivity index (χ2v) is 11.1. The summed E-state index contributed by atoms with van der Waals surface area (Å²) in [5.41, 5.74) is 1.01. The van der Waals surface area contributed by atoms with Crippen molar-refractivity contribution in [3.05, 3.63) is 35.7 Å². The molecule has 2 aromatic rings. The van der Waals surface area contributed by atoms with E-state index in [1.54, 1.807) is 12.1 Å². The molecule has 1 aliphatic heterocycles. The van der Waals surface area contributed by atoms with Gasteiger partial charge in [-0.3, -0.25) is 0 Å². The molecule has 3 aliphatic rings. The molecule has 8 heteroatoms. The van der Waals surface area contributed by atoms with E-state index in [1.807, 2.05) is 12.1 Å². The number of anilines is 1. The molecule has 30 heavy (non-hydrogen) atoms. The van der Waals surface area contributed by atoms with Crippen molar-refractivity contribution in [1.29, 1.82) is 0 Å². The van der Waals surface area contributed by atoms with Gasteiger partial charge in [0.1, 0.15) is 0 Å². The highest BCUT2D eigenvalue weighted by Crippen LogP contribution is 2.48. The summed E-state index contributed by atoms with van der Waals surface area (Å²) < 4.78 is 34.4. The Hall–Kier alpha value is -1.93. The van der Waals surface area contributed by atoms with Gasteiger partial charge in [-0.15, -0.1) is 0 Å². The van der Waals surface area contributed by atoms with Gasteiger partial charge in [-0.2, -0.15) is 4.98 Å². The van der Waals surface area contributed by atoms with Crippen LogP contribution < -0.4 is 4.90 Å². The molecule has 0 unspecified atom stereocenters. The van der Waals surface area contributed by atoms with Crippen LogP contribution in [0, 0.1) is 17.8 Å². The van der Waals surface area contributed by atoms with Crippen molar-refractivity contribution >= 4 is 15.9 Å². The monoisotopic (exact) mass is 431 g/mol. The fourth-order valence-electron chi connectivity index (χ4n) is 4.58. The zero-order valence-electron chi connectivity index (χ0n) is 17.4. The molecule has 2 saturated carbocycles. The first kappa shape index (κ1) is 20.0. The third-order valence-corrected chi connectivity index (χ3v) is 7.85. The quantitative estimate of drug-likeness (QED) is 0.633. The molecule has 0 N–H and O–H groups in total. The summed E-state index contributed by atoms with van der Waals surface area (Å²) in [4.78, 5) is 7.17. The van der Waals surface area contributed by atoms with E-state index in [0.29, 0.717) is 29.4 Å². The van der Waals surface area contributed by atoms with Crippen LogP contribution in [0.25, 0.3) is 0 Å². The summed E-state index contributed by atoms with van der Waals surface area (Å²) in [5, 5.41) is 4.13. The van der Waals surface area contributed by atoms with Gasteiger partial charge in [0.25, 0.3) is 0 Å². The van der Waals surface area contributed by atoms with Crippen LogP contribution in [0.15, 0.2) is 33.7 Å². The number of hydrogen-bond acceptors (Lipinski definition) is 7. The van der Waals surface area contributed by atoms with Crippen molar-refractivity contribution in [2.75, 3.05) is 30.9 Å². The fraction of sp³-hybridized carbons (Fsp3) is 0.636. The molecule has 1 saturated heterocycles. The number of aromatic nitrogens is 2. The topological polar surface area (TPSA) is 85.5 Å². The van der Waals surface area contributed by atoms with Gasteiger partial charge >= 0.3 is 6.01 Å². The maximum Gasteiger partial charge on any atom is 0.324 e. The number of piperidine rings is 1. The Morgan fingerprint density at radius 2 is 1.87 bits per heavy atom. The van der Waals surface area contributed by atoms with E-state index in [2.05, 4.69) is 15.0 Å². The second kappa shape index (κ2) is 7.96. The predicted octanol–water partition coefficient (Wildman–Crippen LogP) is 3.42. The summed E-state index contributed by atoms with van der Waals surface area (Å²) in [6, 6.07) is 7.68. The zero-order valence-corrected chi connectivity index (χ0v) is 18.2. The molecule has 0 bridgehead atoms. The molecular weight excluding hydrogens is 402 g/mol. The lowest BCUT2D eigenvalue weighted by atomic mass is 9.91. The van der Waals surface area contributed by atoms with Crippen LogP contribution >= 0.6 is 0 Å². The first-order valence-electron chi connectivity index (χ1n) is 10.9. The first-order valence-corrected chi connectivity index (χ1v) is 12.8. The third kappa shape index (κ3) is 4.54. The lowest BCUT2D eigenvalue weighted by Gasteiger charge is -2.30. The van der Waals surface area contributed by atoms with Crippen molar-refractivity contribution in [2.24, 2.45) is 17.8 Å². The van der Waals surface area contributed by atoms with Crippen molar-refractivity contribution in [3.8, 4) is 0 Å². The molecule has 3 fully saturated rings. The number of nitrogens with zero attached hydrogens (tertiary/aromatic N) is 3. The summed E-state index contributed by atoms with van der Waals surface area (Å²) >= 11 is 0. The van der Waals surface area contributed by atoms with Crippen molar-refractivity contribution in [1.82, 2.24) is 10.1 Å². The van der Waals surface area contributed by atoms with Gasteiger partial charge in [0.05, 0.1) is 18.1 Å². The molecule has 0 radical (unpaired) electrons. The van der Waals surface area contributed by atoms with Gasteiger partial charge in [0.2, 0.25) is 0 Å². The van der Waals surface area contributed by atoms with Crippen LogP contribution in [-0.4, -0.2) is 44.5 Å². The molecule has 1 aromatic heterocycles. The smallest absolute Gasteiger partial charge is 0.324 e. The summed E-state index contributed by atoms with van der Waals surface area (Å²) in [6.45, 7) is 3.31. The van der Waals surface area contributed by atoms with Gasteiger partial charge < -0.3 is 14.2 Å². The van der Waals surface area contributed by atoms with Gasteiger partial charge in [-0.05, 0) is 67.6 Å². The SMILES string of the molecule is CS(=O)(=O)c1ccc(COC[C@@H]2C[C@@H]2C2CCN(c3nc(C4CC4)no3)CC2)cc1. The van der Waals surface area contributed by atoms with Crippen LogP contribution in [0.2, 0.25) is 0 Å². The standard InChI is InChI=1S/C22H29N3O4S/c1-30(26,27)19-6-2-15(3-7-19)13-28-14-18-12-20(18)16-8-10-25(11-9-16)22-23-21(24-29-22)17-4-5-17/h2-3,6-7,16-18,20H,4-5,8-14H2,1H3/t18-,20+/m0/s1. The predicted molar refractivity (Wildman–Crippen MR) is 112 cm³/mol. The van der Waals surface area contributed by atoms with Gasteiger partial charge in [-0.1, -0.05) is 17.3 Å². The van der Waals surface area contributed by atoms with Crippen molar-refractivity contribution in [2.45, 2.75) is 49.5 Å². The minimum Gasteiger partial charge on any atom is -0.376 e. The Balaban J connectivity index is 1.03. The highest BCUT2D eigenvalue weighted by Gasteiger charge is 2.44. The van der Waals surface area contributed by atoms with Crippen molar-refractivity contribution < 1.29 is 17.7 Å². The maximum absolute atomic E-state index is 11.5. The van der Waals surface area contributed by atoms with Gasteiger partial charge in [0, 0.05) is 25.3 Å². The lowest BCUT2D eigenvalue weighted by Crippen LogP contribution is -2.34. The normalized spacial score (nSPS) is 24.9. The van der Waals surface area contributed by atoms with E-state index in [1.165, 1.54) is 38.4 Å². The zero-order chi connectivity index (χ0) is 20.7. The van der Waals surface area contributed by atoms with Crippen LogP contribution in [-0.2, 0) is 21.2 Å².